The summed E-state index contributed by atoms with van der Waals surface area (Å²) in [7, 11) is 1.29. The number of halogens is 1. The number of ether oxygens (including phenoxy) is 1. The first-order chi connectivity index (χ1) is 13.9. The zero-order chi connectivity index (χ0) is 20.5. The van der Waals surface area contributed by atoms with Crippen molar-refractivity contribution >= 4 is 5.97 Å². The number of methoxy groups -OCH3 is 1. The lowest BCUT2D eigenvalue weighted by molar-refractivity contribution is 0.0601. The van der Waals surface area contributed by atoms with Crippen LogP contribution in [0.3, 0.4) is 0 Å². The molecule has 1 aliphatic carbocycles. The maximum atomic E-state index is 13.8. The van der Waals surface area contributed by atoms with E-state index in [1.165, 1.54) is 32.1 Å². The maximum absolute atomic E-state index is 13.8. The number of nitrogens with zero attached hydrogens (tertiary/aromatic N) is 4. The fraction of sp³-hybridized carbons (Fsp3) is 0.409. The molecule has 0 radical (unpaired) electrons. The van der Waals surface area contributed by atoms with Gasteiger partial charge in [-0.2, -0.15) is 10.2 Å². The summed E-state index contributed by atoms with van der Waals surface area (Å²) in [6.45, 7) is 5.04. The third-order valence-corrected chi connectivity index (χ3v) is 5.20. The average Bonchev–Trinajstić information content (AvgIpc) is 3.24. The molecule has 0 amide bonds. The molecule has 7 heteroatoms. The second-order valence-corrected chi connectivity index (χ2v) is 7.95. The van der Waals surface area contributed by atoms with Crippen LogP contribution in [0.5, 0.6) is 0 Å². The molecule has 1 aliphatic rings. The molecular formula is C22H25FN4O2. The summed E-state index contributed by atoms with van der Waals surface area (Å²) in [4.78, 5) is 12.2. The Bertz CT molecular complexity index is 1030. The van der Waals surface area contributed by atoms with Gasteiger partial charge < -0.3 is 4.74 Å². The smallest absolute Gasteiger partial charge is 0.338 e. The molecule has 2 aromatic heterocycles. The summed E-state index contributed by atoms with van der Waals surface area (Å²) in [5.74, 6) is -0.314. The Morgan fingerprint density at radius 1 is 1.31 bits per heavy atom. The van der Waals surface area contributed by atoms with E-state index in [4.69, 9.17) is 9.84 Å². The van der Waals surface area contributed by atoms with Crippen LogP contribution >= 0.6 is 0 Å². The third kappa shape index (κ3) is 4.23. The Morgan fingerprint density at radius 3 is 2.79 bits per heavy atom. The largest absolute Gasteiger partial charge is 0.465 e. The second-order valence-electron chi connectivity index (χ2n) is 7.95. The Balaban J connectivity index is 1.72. The molecule has 0 unspecified atom stereocenters. The summed E-state index contributed by atoms with van der Waals surface area (Å²) in [6.07, 6.45) is 9.13. The van der Waals surface area contributed by atoms with Crippen molar-refractivity contribution in [3.63, 3.8) is 0 Å². The Labute approximate surface area is 169 Å². The number of aromatic nitrogens is 4. The molecule has 0 saturated heterocycles. The van der Waals surface area contributed by atoms with E-state index in [0.29, 0.717) is 17.7 Å². The van der Waals surface area contributed by atoms with Gasteiger partial charge in [-0.3, -0.25) is 9.36 Å². The quantitative estimate of drug-likeness (QED) is 0.560. The number of hydrogen-bond acceptors (Lipinski definition) is 4. The number of benzene rings is 1. The van der Waals surface area contributed by atoms with Crippen molar-refractivity contribution in [3.8, 4) is 11.3 Å². The summed E-state index contributed by atoms with van der Waals surface area (Å²) in [5.41, 5.74) is 3.44. The highest BCUT2D eigenvalue weighted by molar-refractivity contribution is 5.97. The van der Waals surface area contributed by atoms with Crippen LogP contribution in [-0.2, 0) is 17.7 Å². The fourth-order valence-electron chi connectivity index (χ4n) is 3.43. The van der Waals surface area contributed by atoms with Crippen LogP contribution in [0.15, 0.2) is 36.8 Å². The van der Waals surface area contributed by atoms with Crippen LogP contribution in [0, 0.1) is 11.7 Å². The lowest BCUT2D eigenvalue weighted by atomic mass is 9.99. The topological polar surface area (TPSA) is 61.9 Å². The average molecular weight is 396 g/mol. The molecule has 4 rings (SSSR count). The highest BCUT2D eigenvalue weighted by Gasteiger charge is 2.23. The van der Waals surface area contributed by atoms with Gasteiger partial charge in [-0.05, 0) is 56.4 Å². The zero-order valence-corrected chi connectivity index (χ0v) is 16.9. The van der Waals surface area contributed by atoms with Crippen LogP contribution in [0.25, 0.3) is 11.3 Å². The Hall–Kier alpha value is -2.96. The minimum Gasteiger partial charge on any atom is -0.465 e. The molecule has 2 heterocycles. The molecule has 1 saturated carbocycles. The van der Waals surface area contributed by atoms with E-state index < -0.39 is 11.8 Å². The number of carbonyl (C=O) groups is 1. The van der Waals surface area contributed by atoms with E-state index >= 15 is 0 Å². The summed E-state index contributed by atoms with van der Waals surface area (Å²) < 4.78 is 22.5. The van der Waals surface area contributed by atoms with Crippen LogP contribution in [0.4, 0.5) is 4.39 Å². The Morgan fingerprint density at radius 2 is 2.10 bits per heavy atom. The number of esters is 1. The van der Waals surface area contributed by atoms with Crippen molar-refractivity contribution in [1.82, 2.24) is 19.6 Å². The van der Waals surface area contributed by atoms with Gasteiger partial charge in [0.1, 0.15) is 5.82 Å². The molecule has 3 aromatic rings. The summed E-state index contributed by atoms with van der Waals surface area (Å²) in [6, 6.07) is 4.29. The number of carbonyl (C=O) groups excluding carboxylic acids is 1. The lowest BCUT2D eigenvalue weighted by Crippen LogP contribution is -2.06. The molecule has 0 N–H and O–H groups in total. The third-order valence-electron chi connectivity index (χ3n) is 5.20. The van der Waals surface area contributed by atoms with E-state index in [2.05, 4.69) is 11.3 Å². The van der Waals surface area contributed by atoms with Gasteiger partial charge in [-0.15, -0.1) is 0 Å². The van der Waals surface area contributed by atoms with E-state index in [9.17, 15) is 9.18 Å². The number of rotatable bonds is 7. The molecule has 0 bridgehead atoms. The van der Waals surface area contributed by atoms with Crippen molar-refractivity contribution in [1.29, 1.82) is 0 Å². The monoisotopic (exact) mass is 396 g/mol. The molecule has 1 fully saturated rings. The standard InChI is InChI=1S/C22H25FN4O2/c1-14(2)27-13-17(8-16-10-24-26(12-16)11-15-4-5-15)21(25-27)19-7-6-18(23)9-20(19)22(28)29-3/h6-7,9-10,12-15H,4-5,8,11H2,1-3H3. The van der Waals surface area contributed by atoms with Crippen LogP contribution in [0.2, 0.25) is 0 Å². The highest BCUT2D eigenvalue weighted by atomic mass is 19.1. The van der Waals surface area contributed by atoms with Gasteiger partial charge >= 0.3 is 5.97 Å². The van der Waals surface area contributed by atoms with Gasteiger partial charge in [-0.25, -0.2) is 9.18 Å². The number of hydrogen-bond donors (Lipinski definition) is 0. The highest BCUT2D eigenvalue weighted by Crippen LogP contribution is 2.31. The van der Waals surface area contributed by atoms with Gasteiger partial charge in [0.15, 0.2) is 0 Å². The van der Waals surface area contributed by atoms with Gasteiger partial charge in [0.05, 0.1) is 24.6 Å². The van der Waals surface area contributed by atoms with Crippen LogP contribution < -0.4 is 0 Å². The van der Waals surface area contributed by atoms with Crippen molar-refractivity contribution in [2.45, 2.75) is 45.7 Å². The molecule has 152 valence electrons. The fourth-order valence-corrected chi connectivity index (χ4v) is 3.43. The van der Waals surface area contributed by atoms with Gasteiger partial charge in [-0.1, -0.05) is 0 Å². The van der Waals surface area contributed by atoms with E-state index in [1.54, 1.807) is 6.07 Å². The maximum Gasteiger partial charge on any atom is 0.338 e. The SMILES string of the molecule is COC(=O)c1cc(F)ccc1-c1nn(C(C)C)cc1Cc1cnn(CC2CC2)c1. The van der Waals surface area contributed by atoms with E-state index in [-0.39, 0.29) is 11.6 Å². The lowest BCUT2D eigenvalue weighted by Gasteiger charge is -2.08. The van der Waals surface area contributed by atoms with Gasteiger partial charge in [0.25, 0.3) is 0 Å². The molecule has 0 aliphatic heterocycles. The minimum absolute atomic E-state index is 0.155. The summed E-state index contributed by atoms with van der Waals surface area (Å²) >= 11 is 0. The molecule has 29 heavy (non-hydrogen) atoms. The first kappa shape index (κ1) is 19.4. The molecule has 1 aromatic carbocycles. The second kappa shape index (κ2) is 7.81. The molecule has 6 nitrogen and oxygen atoms in total. The van der Waals surface area contributed by atoms with Crippen molar-refractivity contribution in [2.75, 3.05) is 7.11 Å². The predicted octanol–water partition coefficient (Wildman–Crippen LogP) is 4.25. The van der Waals surface area contributed by atoms with Crippen molar-refractivity contribution in [2.24, 2.45) is 5.92 Å². The van der Waals surface area contributed by atoms with Gasteiger partial charge in [0, 0.05) is 42.5 Å². The van der Waals surface area contributed by atoms with E-state index in [1.807, 2.05) is 35.6 Å². The van der Waals surface area contributed by atoms with E-state index in [0.717, 1.165) is 23.6 Å². The summed E-state index contributed by atoms with van der Waals surface area (Å²) in [5, 5.41) is 9.18. The van der Waals surface area contributed by atoms with Crippen LogP contribution in [0.1, 0.15) is 54.2 Å². The molecule has 0 atom stereocenters. The van der Waals surface area contributed by atoms with Crippen LogP contribution in [-0.4, -0.2) is 32.6 Å². The van der Waals surface area contributed by atoms with Gasteiger partial charge in [0.2, 0.25) is 0 Å². The first-order valence-electron chi connectivity index (χ1n) is 9.92. The zero-order valence-electron chi connectivity index (χ0n) is 16.9. The minimum atomic E-state index is -0.582. The Kier molecular flexibility index (Phi) is 5.22. The van der Waals surface area contributed by atoms with Crippen molar-refractivity contribution in [3.05, 3.63) is 59.3 Å². The predicted molar refractivity (Wildman–Crippen MR) is 107 cm³/mol. The van der Waals surface area contributed by atoms with Crippen molar-refractivity contribution < 1.29 is 13.9 Å². The first-order valence-corrected chi connectivity index (χ1v) is 9.92. The normalized spacial score (nSPS) is 13.8. The molecule has 0 spiro atoms. The molecular weight excluding hydrogens is 371 g/mol.